The van der Waals surface area contributed by atoms with Gasteiger partial charge in [-0.15, -0.1) is 0 Å². The molecule has 1 unspecified atom stereocenters. The Balaban J connectivity index is 0.000000459. The van der Waals surface area contributed by atoms with Gasteiger partial charge in [0.25, 0.3) is 0 Å². The standard InChI is InChI=1S/C9H13NO3.C2H2O4/c10-6-7(5-9(11)12)4-8-2-1-3-13-8;3-1(4)2(5)6/h1-3,7H,4-6,10H2,(H,11,12);(H,3,4)(H,5,6). The first-order chi connectivity index (χ1) is 8.86. The van der Waals surface area contributed by atoms with E-state index >= 15 is 0 Å². The van der Waals surface area contributed by atoms with Crippen LogP contribution < -0.4 is 5.73 Å². The molecular weight excluding hydrogens is 258 g/mol. The Morgan fingerprint density at radius 2 is 1.79 bits per heavy atom. The number of rotatable bonds is 5. The first-order valence-electron chi connectivity index (χ1n) is 5.27. The zero-order chi connectivity index (χ0) is 14.8. The van der Waals surface area contributed by atoms with Gasteiger partial charge in [0.15, 0.2) is 0 Å². The third-order valence-electron chi connectivity index (χ3n) is 2.05. The number of furan rings is 1. The molecule has 0 spiro atoms. The van der Waals surface area contributed by atoms with Gasteiger partial charge < -0.3 is 25.5 Å². The van der Waals surface area contributed by atoms with Crippen molar-refractivity contribution in [3.8, 4) is 0 Å². The second-order valence-corrected chi connectivity index (χ2v) is 3.59. The molecular formula is C11H15NO7. The van der Waals surface area contributed by atoms with Crippen LogP contribution in [-0.4, -0.2) is 39.8 Å². The van der Waals surface area contributed by atoms with Crippen molar-refractivity contribution in [1.29, 1.82) is 0 Å². The molecule has 8 nitrogen and oxygen atoms in total. The number of carboxylic acids is 3. The lowest BCUT2D eigenvalue weighted by molar-refractivity contribution is -0.159. The van der Waals surface area contributed by atoms with E-state index < -0.39 is 17.9 Å². The molecule has 5 N–H and O–H groups in total. The van der Waals surface area contributed by atoms with E-state index in [4.69, 9.17) is 35.1 Å². The number of aliphatic carboxylic acids is 3. The molecule has 0 saturated heterocycles. The van der Waals surface area contributed by atoms with Crippen LogP contribution in [0.4, 0.5) is 0 Å². The van der Waals surface area contributed by atoms with Crippen molar-refractivity contribution in [3.63, 3.8) is 0 Å². The summed E-state index contributed by atoms with van der Waals surface area (Å²) >= 11 is 0. The first-order valence-corrected chi connectivity index (χ1v) is 5.27. The SMILES string of the molecule is NCC(CC(=O)O)Cc1ccco1.O=C(O)C(=O)O. The van der Waals surface area contributed by atoms with Crippen LogP contribution in [-0.2, 0) is 20.8 Å². The predicted octanol–water partition coefficient (Wildman–Crippen LogP) is 0.0273. The highest BCUT2D eigenvalue weighted by atomic mass is 16.4. The average Bonchev–Trinajstić information content (AvgIpc) is 2.81. The smallest absolute Gasteiger partial charge is 0.414 e. The van der Waals surface area contributed by atoms with E-state index in [1.807, 2.05) is 6.07 Å². The molecule has 106 valence electrons. The Kier molecular flexibility index (Phi) is 7.62. The van der Waals surface area contributed by atoms with Crippen LogP contribution in [0.2, 0.25) is 0 Å². The highest BCUT2D eigenvalue weighted by Gasteiger charge is 2.13. The zero-order valence-electron chi connectivity index (χ0n) is 9.98. The molecule has 0 aliphatic rings. The van der Waals surface area contributed by atoms with Crippen molar-refractivity contribution in [2.24, 2.45) is 11.7 Å². The third-order valence-corrected chi connectivity index (χ3v) is 2.05. The van der Waals surface area contributed by atoms with Gasteiger partial charge in [-0.25, -0.2) is 9.59 Å². The second kappa shape index (κ2) is 8.70. The van der Waals surface area contributed by atoms with Crippen molar-refractivity contribution in [3.05, 3.63) is 24.2 Å². The Morgan fingerprint density at radius 1 is 1.21 bits per heavy atom. The number of carbonyl (C=O) groups is 3. The molecule has 0 radical (unpaired) electrons. The van der Waals surface area contributed by atoms with E-state index in [9.17, 15) is 4.79 Å². The topological polar surface area (TPSA) is 151 Å². The van der Waals surface area contributed by atoms with Crippen LogP contribution in [0.1, 0.15) is 12.2 Å². The predicted molar refractivity (Wildman–Crippen MR) is 62.5 cm³/mol. The molecule has 1 aromatic rings. The Labute approximate surface area is 108 Å². The van der Waals surface area contributed by atoms with Gasteiger partial charge in [-0.3, -0.25) is 4.79 Å². The number of hydrogen-bond donors (Lipinski definition) is 4. The summed E-state index contributed by atoms with van der Waals surface area (Å²) in [6.07, 6.45) is 2.26. The summed E-state index contributed by atoms with van der Waals surface area (Å²) in [4.78, 5) is 28.6. The van der Waals surface area contributed by atoms with Gasteiger partial charge in [-0.2, -0.15) is 0 Å². The maximum absolute atomic E-state index is 10.4. The second-order valence-electron chi connectivity index (χ2n) is 3.59. The van der Waals surface area contributed by atoms with Gasteiger partial charge in [0.05, 0.1) is 6.26 Å². The fraction of sp³-hybridized carbons (Fsp3) is 0.364. The van der Waals surface area contributed by atoms with E-state index in [0.29, 0.717) is 13.0 Å². The van der Waals surface area contributed by atoms with Crippen molar-refractivity contribution >= 4 is 17.9 Å². The molecule has 1 heterocycles. The summed E-state index contributed by atoms with van der Waals surface area (Å²) in [7, 11) is 0. The van der Waals surface area contributed by atoms with Gasteiger partial charge >= 0.3 is 17.9 Å². The van der Waals surface area contributed by atoms with E-state index in [0.717, 1.165) is 5.76 Å². The Bertz CT molecular complexity index is 401. The summed E-state index contributed by atoms with van der Waals surface area (Å²) in [5.41, 5.74) is 5.43. The minimum absolute atomic E-state index is 0.0383. The fourth-order valence-electron chi connectivity index (χ4n) is 1.20. The lowest BCUT2D eigenvalue weighted by Gasteiger charge is -2.09. The number of carboxylic acid groups (broad SMARTS) is 3. The fourth-order valence-corrected chi connectivity index (χ4v) is 1.20. The molecule has 19 heavy (non-hydrogen) atoms. The van der Waals surface area contributed by atoms with Crippen molar-refractivity contribution < 1.29 is 34.1 Å². The molecule has 1 atom stereocenters. The summed E-state index contributed by atoms with van der Waals surface area (Å²) in [6, 6.07) is 3.61. The summed E-state index contributed by atoms with van der Waals surface area (Å²) in [5.74, 6) is -3.72. The van der Waals surface area contributed by atoms with E-state index in [2.05, 4.69) is 0 Å². The molecule has 0 aliphatic heterocycles. The normalized spacial score (nSPS) is 11.0. The number of hydrogen-bond acceptors (Lipinski definition) is 5. The van der Waals surface area contributed by atoms with Gasteiger partial charge in [-0.05, 0) is 24.6 Å². The van der Waals surface area contributed by atoms with Gasteiger partial charge in [0, 0.05) is 12.8 Å². The molecule has 0 amide bonds. The third kappa shape index (κ3) is 8.38. The molecule has 0 fully saturated rings. The molecule has 0 aromatic carbocycles. The van der Waals surface area contributed by atoms with Crippen LogP contribution in [0.3, 0.4) is 0 Å². The van der Waals surface area contributed by atoms with Crippen LogP contribution in [0.5, 0.6) is 0 Å². The molecule has 0 bridgehead atoms. The van der Waals surface area contributed by atoms with Gasteiger partial charge in [0.2, 0.25) is 0 Å². The Morgan fingerprint density at radius 3 is 2.11 bits per heavy atom. The lowest BCUT2D eigenvalue weighted by atomic mass is 10.0. The summed E-state index contributed by atoms with van der Waals surface area (Å²) < 4.78 is 5.10. The Hall–Kier alpha value is -2.35. The van der Waals surface area contributed by atoms with Crippen LogP contribution in [0, 0.1) is 5.92 Å². The monoisotopic (exact) mass is 273 g/mol. The maximum atomic E-state index is 10.4. The summed E-state index contributed by atoms with van der Waals surface area (Å²) in [6.45, 7) is 0.368. The van der Waals surface area contributed by atoms with Crippen molar-refractivity contribution in [1.82, 2.24) is 0 Å². The quantitative estimate of drug-likeness (QED) is 0.548. The zero-order valence-corrected chi connectivity index (χ0v) is 9.98. The minimum Gasteiger partial charge on any atom is -0.481 e. The van der Waals surface area contributed by atoms with E-state index in [1.165, 1.54) is 0 Å². The first kappa shape index (κ1) is 16.6. The molecule has 0 aliphatic carbocycles. The molecule has 8 heteroatoms. The maximum Gasteiger partial charge on any atom is 0.414 e. The van der Waals surface area contributed by atoms with Crippen LogP contribution in [0.25, 0.3) is 0 Å². The van der Waals surface area contributed by atoms with Gasteiger partial charge in [0.1, 0.15) is 5.76 Å². The molecule has 1 rings (SSSR count). The molecule has 0 saturated carbocycles. The van der Waals surface area contributed by atoms with E-state index in [1.54, 1.807) is 12.3 Å². The molecule has 1 aromatic heterocycles. The van der Waals surface area contributed by atoms with Crippen LogP contribution >= 0.6 is 0 Å². The van der Waals surface area contributed by atoms with E-state index in [-0.39, 0.29) is 12.3 Å². The van der Waals surface area contributed by atoms with Crippen LogP contribution in [0.15, 0.2) is 22.8 Å². The highest BCUT2D eigenvalue weighted by Crippen LogP contribution is 2.11. The van der Waals surface area contributed by atoms with Gasteiger partial charge in [-0.1, -0.05) is 0 Å². The largest absolute Gasteiger partial charge is 0.481 e. The summed E-state index contributed by atoms with van der Waals surface area (Å²) in [5, 5.41) is 23.3. The van der Waals surface area contributed by atoms with Crippen molar-refractivity contribution in [2.75, 3.05) is 6.54 Å². The highest BCUT2D eigenvalue weighted by molar-refractivity contribution is 6.27. The minimum atomic E-state index is -1.82. The average molecular weight is 273 g/mol. The van der Waals surface area contributed by atoms with Crippen molar-refractivity contribution in [2.45, 2.75) is 12.8 Å². The number of nitrogens with two attached hydrogens (primary N) is 1. The lowest BCUT2D eigenvalue weighted by Crippen LogP contribution is -2.20.